The van der Waals surface area contributed by atoms with Crippen molar-refractivity contribution >= 4 is 37.8 Å². The number of aliphatic carboxylic acids is 1. The predicted molar refractivity (Wildman–Crippen MR) is 88.9 cm³/mol. The minimum absolute atomic E-state index is 0.425. The molecule has 0 fully saturated rings. The van der Waals surface area contributed by atoms with Gasteiger partial charge in [0.25, 0.3) is 0 Å². The van der Waals surface area contributed by atoms with Crippen LogP contribution in [0.3, 0.4) is 0 Å². The predicted octanol–water partition coefficient (Wildman–Crippen LogP) is 4.63. The van der Waals surface area contributed by atoms with Crippen LogP contribution in [0.1, 0.15) is 17.0 Å². The van der Waals surface area contributed by atoms with Gasteiger partial charge in [0.2, 0.25) is 0 Å². The fourth-order valence-corrected chi connectivity index (χ4v) is 3.15. The smallest absolute Gasteiger partial charge is 0.311 e. The Hall–Kier alpha value is -1.33. The lowest BCUT2D eigenvalue weighted by molar-refractivity contribution is -0.138. The molecule has 0 aliphatic rings. The second kappa shape index (κ2) is 7.09. The highest BCUT2D eigenvalue weighted by molar-refractivity contribution is 9.10. The zero-order valence-electron chi connectivity index (χ0n) is 11.3. The van der Waals surface area contributed by atoms with Gasteiger partial charge in [-0.05, 0) is 57.7 Å². The molecule has 1 atom stereocenters. The minimum Gasteiger partial charge on any atom is -0.496 e. The van der Waals surface area contributed by atoms with Gasteiger partial charge in [0.1, 0.15) is 5.75 Å². The number of methoxy groups -OCH3 is 1. The highest BCUT2D eigenvalue weighted by Gasteiger charge is 2.21. The van der Waals surface area contributed by atoms with E-state index in [0.717, 1.165) is 25.8 Å². The summed E-state index contributed by atoms with van der Waals surface area (Å²) in [7, 11) is 1.60. The van der Waals surface area contributed by atoms with Gasteiger partial charge in [0.15, 0.2) is 0 Å². The van der Waals surface area contributed by atoms with Gasteiger partial charge in [0, 0.05) is 4.47 Å². The Bertz CT molecular complexity index is 656. The molecule has 21 heavy (non-hydrogen) atoms. The quantitative estimate of drug-likeness (QED) is 0.777. The maximum atomic E-state index is 11.6. The molecule has 0 heterocycles. The Morgan fingerprint density at radius 2 is 2.00 bits per heavy atom. The topological polar surface area (TPSA) is 46.5 Å². The van der Waals surface area contributed by atoms with Crippen LogP contribution in [0.25, 0.3) is 0 Å². The van der Waals surface area contributed by atoms with Gasteiger partial charge < -0.3 is 9.84 Å². The van der Waals surface area contributed by atoms with Crippen molar-refractivity contribution in [2.24, 2.45) is 0 Å². The Kier molecular flexibility index (Phi) is 5.42. The largest absolute Gasteiger partial charge is 0.496 e. The number of ether oxygens (including phenoxy) is 1. The van der Waals surface area contributed by atoms with Crippen molar-refractivity contribution in [1.29, 1.82) is 0 Å². The van der Waals surface area contributed by atoms with Crippen molar-refractivity contribution in [3.63, 3.8) is 0 Å². The summed E-state index contributed by atoms with van der Waals surface area (Å²) < 4.78 is 6.88. The summed E-state index contributed by atoms with van der Waals surface area (Å²) in [4.78, 5) is 11.6. The summed E-state index contributed by atoms with van der Waals surface area (Å²) >= 11 is 6.80. The summed E-state index contributed by atoms with van der Waals surface area (Å²) in [5, 5.41) is 9.50. The van der Waals surface area contributed by atoms with Gasteiger partial charge >= 0.3 is 5.97 Å². The van der Waals surface area contributed by atoms with Gasteiger partial charge in [0.05, 0.1) is 17.5 Å². The third kappa shape index (κ3) is 4.08. The van der Waals surface area contributed by atoms with Crippen LogP contribution >= 0.6 is 31.9 Å². The molecule has 0 aliphatic carbocycles. The van der Waals surface area contributed by atoms with Crippen LogP contribution in [0.4, 0.5) is 0 Å². The van der Waals surface area contributed by atoms with Crippen molar-refractivity contribution < 1.29 is 14.6 Å². The van der Waals surface area contributed by atoms with Crippen LogP contribution < -0.4 is 4.74 Å². The number of carboxylic acids is 1. The number of halogens is 2. The van der Waals surface area contributed by atoms with Gasteiger partial charge in [-0.15, -0.1) is 0 Å². The maximum Gasteiger partial charge on any atom is 0.311 e. The van der Waals surface area contributed by atoms with E-state index in [1.807, 2.05) is 42.5 Å². The van der Waals surface area contributed by atoms with Crippen LogP contribution in [0.2, 0.25) is 0 Å². The highest BCUT2D eigenvalue weighted by Crippen LogP contribution is 2.29. The molecule has 1 unspecified atom stereocenters. The Morgan fingerprint density at radius 3 is 2.57 bits per heavy atom. The van der Waals surface area contributed by atoms with Crippen LogP contribution in [-0.4, -0.2) is 18.2 Å². The molecular formula is C16H14Br2O3. The fourth-order valence-electron chi connectivity index (χ4n) is 2.14. The first-order valence-electron chi connectivity index (χ1n) is 6.32. The number of carboxylic acid groups (broad SMARTS) is 1. The molecule has 0 saturated heterocycles. The Morgan fingerprint density at radius 1 is 1.24 bits per heavy atom. The van der Waals surface area contributed by atoms with Gasteiger partial charge in [-0.3, -0.25) is 4.79 Å². The van der Waals surface area contributed by atoms with E-state index in [-0.39, 0.29) is 0 Å². The first-order valence-corrected chi connectivity index (χ1v) is 7.90. The average Bonchev–Trinajstić information content (AvgIpc) is 2.44. The van der Waals surface area contributed by atoms with Crippen LogP contribution in [0, 0.1) is 0 Å². The molecule has 0 bridgehead atoms. The van der Waals surface area contributed by atoms with Crippen LogP contribution in [-0.2, 0) is 11.2 Å². The Labute approximate surface area is 140 Å². The molecule has 0 amide bonds. The normalized spacial score (nSPS) is 12.0. The lowest BCUT2D eigenvalue weighted by Gasteiger charge is -2.14. The molecule has 0 aromatic heterocycles. The lowest BCUT2D eigenvalue weighted by atomic mass is 9.92. The van der Waals surface area contributed by atoms with E-state index in [1.165, 1.54) is 0 Å². The molecule has 0 radical (unpaired) electrons. The Balaban J connectivity index is 2.29. The first kappa shape index (κ1) is 16.0. The number of rotatable bonds is 5. The molecule has 0 spiro atoms. The number of benzene rings is 2. The fraction of sp³-hybridized carbons (Fsp3) is 0.188. The second-order valence-corrected chi connectivity index (χ2v) is 6.39. The van der Waals surface area contributed by atoms with Crippen molar-refractivity contribution in [2.75, 3.05) is 7.11 Å². The summed E-state index contributed by atoms with van der Waals surface area (Å²) in [5.74, 6) is -0.684. The molecule has 1 N–H and O–H groups in total. The number of hydrogen-bond donors (Lipinski definition) is 1. The molecule has 2 rings (SSSR count). The van der Waals surface area contributed by atoms with Crippen LogP contribution in [0.5, 0.6) is 5.75 Å². The second-order valence-electron chi connectivity index (χ2n) is 4.62. The van der Waals surface area contributed by atoms with Crippen molar-refractivity contribution in [3.05, 3.63) is 62.5 Å². The summed E-state index contributed by atoms with van der Waals surface area (Å²) in [6, 6.07) is 13.0. The zero-order valence-corrected chi connectivity index (χ0v) is 14.5. The van der Waals surface area contributed by atoms with Crippen molar-refractivity contribution in [3.8, 4) is 5.75 Å². The highest BCUT2D eigenvalue weighted by atomic mass is 79.9. The summed E-state index contributed by atoms with van der Waals surface area (Å²) in [6.45, 7) is 0. The van der Waals surface area contributed by atoms with E-state index < -0.39 is 11.9 Å². The summed E-state index contributed by atoms with van der Waals surface area (Å²) in [6.07, 6.45) is 0.425. The standard InChI is InChI=1S/C16H14Br2O3/c1-21-15-6-5-10(8-14(15)18)7-13(16(19)20)11-3-2-4-12(17)9-11/h2-6,8-9,13H,7H2,1H3,(H,19,20). The van der Waals surface area contributed by atoms with E-state index in [0.29, 0.717) is 6.42 Å². The molecule has 5 heteroatoms. The molecule has 2 aromatic carbocycles. The molecule has 3 nitrogen and oxygen atoms in total. The summed E-state index contributed by atoms with van der Waals surface area (Å²) in [5.41, 5.74) is 1.72. The first-order chi connectivity index (χ1) is 10.0. The zero-order chi connectivity index (χ0) is 15.4. The third-order valence-corrected chi connectivity index (χ3v) is 4.32. The lowest BCUT2D eigenvalue weighted by Crippen LogP contribution is -2.14. The van der Waals surface area contributed by atoms with Gasteiger partial charge in [-0.25, -0.2) is 0 Å². The van der Waals surface area contributed by atoms with Crippen LogP contribution in [0.15, 0.2) is 51.4 Å². The van der Waals surface area contributed by atoms with E-state index >= 15 is 0 Å². The molecule has 110 valence electrons. The van der Waals surface area contributed by atoms with E-state index in [4.69, 9.17) is 4.74 Å². The number of hydrogen-bond acceptors (Lipinski definition) is 2. The monoisotopic (exact) mass is 412 g/mol. The molecule has 0 saturated carbocycles. The van der Waals surface area contributed by atoms with Gasteiger partial charge in [-0.1, -0.05) is 34.1 Å². The van der Waals surface area contributed by atoms with Gasteiger partial charge in [-0.2, -0.15) is 0 Å². The minimum atomic E-state index is -0.833. The van der Waals surface area contributed by atoms with E-state index in [9.17, 15) is 9.90 Å². The molecular weight excluding hydrogens is 400 g/mol. The molecule has 0 aliphatic heterocycles. The maximum absolute atomic E-state index is 11.6. The third-order valence-electron chi connectivity index (χ3n) is 3.21. The van der Waals surface area contributed by atoms with E-state index in [1.54, 1.807) is 7.11 Å². The SMILES string of the molecule is COc1ccc(CC(C(=O)O)c2cccc(Br)c2)cc1Br. The van der Waals surface area contributed by atoms with E-state index in [2.05, 4.69) is 31.9 Å². The number of carbonyl (C=O) groups is 1. The average molecular weight is 414 g/mol. The van der Waals surface area contributed by atoms with Crippen molar-refractivity contribution in [1.82, 2.24) is 0 Å². The van der Waals surface area contributed by atoms with Crippen molar-refractivity contribution in [2.45, 2.75) is 12.3 Å². The molecule has 2 aromatic rings.